The van der Waals surface area contributed by atoms with Crippen LogP contribution in [0.4, 0.5) is 0 Å². The third-order valence-corrected chi connectivity index (χ3v) is 4.15. The van der Waals surface area contributed by atoms with Crippen molar-refractivity contribution in [1.29, 1.82) is 0 Å². The fraction of sp³-hybridized carbons (Fsp3) is 0.833. The van der Waals surface area contributed by atoms with Crippen molar-refractivity contribution in [3.63, 3.8) is 0 Å². The van der Waals surface area contributed by atoms with Crippen molar-refractivity contribution >= 4 is 11.9 Å². The van der Waals surface area contributed by atoms with Crippen LogP contribution in [0.2, 0.25) is 0 Å². The number of carbonyl (C=O) groups excluding carboxylic acids is 1. The molecule has 1 saturated carbocycles. The Morgan fingerprint density at radius 1 is 1.31 bits per heavy atom. The van der Waals surface area contributed by atoms with Gasteiger partial charge in [-0.05, 0) is 25.2 Å². The van der Waals surface area contributed by atoms with Gasteiger partial charge < -0.3 is 10.0 Å². The molecule has 16 heavy (non-hydrogen) atoms. The maximum Gasteiger partial charge on any atom is 0.310 e. The van der Waals surface area contributed by atoms with Crippen LogP contribution in [-0.4, -0.2) is 35.0 Å². The van der Waals surface area contributed by atoms with E-state index in [1.165, 1.54) is 0 Å². The van der Waals surface area contributed by atoms with Crippen molar-refractivity contribution in [2.45, 2.75) is 33.1 Å². The Kier molecular flexibility index (Phi) is 2.68. The van der Waals surface area contributed by atoms with Gasteiger partial charge in [0, 0.05) is 13.1 Å². The number of nitrogens with zero attached hydrogens (tertiary/aromatic N) is 1. The SMILES string of the molecule is CC(C)C1(C(=O)O)CC1C(=O)N1CCCC1. The zero-order valence-corrected chi connectivity index (χ0v) is 9.90. The average Bonchev–Trinajstić information content (AvgIpc) is 2.76. The molecule has 0 aromatic heterocycles. The Bertz CT molecular complexity index is 320. The number of carboxylic acid groups (broad SMARTS) is 1. The number of carboxylic acids is 1. The van der Waals surface area contributed by atoms with E-state index in [4.69, 9.17) is 0 Å². The van der Waals surface area contributed by atoms with Crippen LogP contribution in [0.15, 0.2) is 0 Å². The van der Waals surface area contributed by atoms with Crippen molar-refractivity contribution in [2.24, 2.45) is 17.3 Å². The molecule has 4 nitrogen and oxygen atoms in total. The van der Waals surface area contributed by atoms with Gasteiger partial charge in [0.1, 0.15) is 0 Å². The lowest BCUT2D eigenvalue weighted by atomic mass is 9.89. The Morgan fingerprint density at radius 2 is 1.88 bits per heavy atom. The van der Waals surface area contributed by atoms with E-state index < -0.39 is 11.4 Å². The highest BCUT2D eigenvalue weighted by atomic mass is 16.4. The molecule has 0 bridgehead atoms. The molecule has 1 amide bonds. The molecule has 0 aromatic carbocycles. The molecule has 0 radical (unpaired) electrons. The minimum Gasteiger partial charge on any atom is -0.481 e. The van der Waals surface area contributed by atoms with Crippen LogP contribution in [0.25, 0.3) is 0 Å². The van der Waals surface area contributed by atoms with Gasteiger partial charge in [-0.25, -0.2) is 0 Å². The van der Waals surface area contributed by atoms with Gasteiger partial charge in [-0.1, -0.05) is 13.8 Å². The molecule has 2 aliphatic rings. The van der Waals surface area contributed by atoms with Crippen LogP contribution in [0.1, 0.15) is 33.1 Å². The van der Waals surface area contributed by atoms with Gasteiger partial charge in [0.25, 0.3) is 0 Å². The van der Waals surface area contributed by atoms with E-state index in [1.54, 1.807) is 0 Å². The maximum absolute atomic E-state index is 12.1. The Hall–Kier alpha value is -1.06. The lowest BCUT2D eigenvalue weighted by Crippen LogP contribution is -2.34. The number of hydrogen-bond donors (Lipinski definition) is 1. The topological polar surface area (TPSA) is 57.6 Å². The third-order valence-electron chi connectivity index (χ3n) is 4.15. The molecular formula is C12H19NO3. The molecule has 1 heterocycles. The number of aliphatic carboxylic acids is 1. The van der Waals surface area contributed by atoms with Gasteiger partial charge in [0.15, 0.2) is 0 Å². The van der Waals surface area contributed by atoms with Crippen molar-refractivity contribution < 1.29 is 14.7 Å². The fourth-order valence-corrected chi connectivity index (χ4v) is 2.87. The molecule has 1 saturated heterocycles. The molecule has 2 rings (SSSR count). The van der Waals surface area contributed by atoms with Crippen molar-refractivity contribution in [2.75, 3.05) is 13.1 Å². The summed E-state index contributed by atoms with van der Waals surface area (Å²) in [6.07, 6.45) is 2.63. The van der Waals surface area contributed by atoms with E-state index in [0.717, 1.165) is 25.9 Å². The first-order chi connectivity index (χ1) is 7.50. The number of carbonyl (C=O) groups is 2. The van der Waals surface area contributed by atoms with Crippen LogP contribution in [0, 0.1) is 17.3 Å². The zero-order chi connectivity index (χ0) is 11.9. The quantitative estimate of drug-likeness (QED) is 0.789. The van der Waals surface area contributed by atoms with Gasteiger partial charge >= 0.3 is 5.97 Å². The summed E-state index contributed by atoms with van der Waals surface area (Å²) in [5.41, 5.74) is -0.778. The summed E-state index contributed by atoms with van der Waals surface area (Å²) in [7, 11) is 0. The first-order valence-electron chi connectivity index (χ1n) is 6.02. The van der Waals surface area contributed by atoms with Crippen LogP contribution in [0.5, 0.6) is 0 Å². The average molecular weight is 225 g/mol. The summed E-state index contributed by atoms with van der Waals surface area (Å²) in [6.45, 7) is 5.41. The molecule has 0 aromatic rings. The Balaban J connectivity index is 2.08. The van der Waals surface area contributed by atoms with Crippen molar-refractivity contribution in [1.82, 2.24) is 4.90 Å². The van der Waals surface area contributed by atoms with Gasteiger partial charge in [-0.2, -0.15) is 0 Å². The first kappa shape index (κ1) is 11.4. The lowest BCUT2D eigenvalue weighted by molar-refractivity contribution is -0.148. The van der Waals surface area contributed by atoms with Crippen molar-refractivity contribution in [3.8, 4) is 0 Å². The highest BCUT2D eigenvalue weighted by molar-refractivity contribution is 5.93. The van der Waals surface area contributed by atoms with E-state index in [2.05, 4.69) is 0 Å². The first-order valence-corrected chi connectivity index (χ1v) is 6.02. The van der Waals surface area contributed by atoms with Gasteiger partial charge in [-0.3, -0.25) is 9.59 Å². The van der Waals surface area contributed by atoms with Crippen LogP contribution in [-0.2, 0) is 9.59 Å². The molecule has 2 fully saturated rings. The normalized spacial score (nSPS) is 33.2. The van der Waals surface area contributed by atoms with E-state index in [9.17, 15) is 14.7 Å². The predicted molar refractivity (Wildman–Crippen MR) is 58.8 cm³/mol. The molecule has 1 N–H and O–H groups in total. The second-order valence-corrected chi connectivity index (χ2v) is 5.29. The second kappa shape index (κ2) is 3.75. The Morgan fingerprint density at radius 3 is 2.25 bits per heavy atom. The van der Waals surface area contributed by atoms with E-state index in [0.29, 0.717) is 6.42 Å². The van der Waals surface area contributed by atoms with E-state index in [1.807, 2.05) is 18.7 Å². The van der Waals surface area contributed by atoms with Gasteiger partial charge in [0.2, 0.25) is 5.91 Å². The van der Waals surface area contributed by atoms with Crippen LogP contribution < -0.4 is 0 Å². The minimum absolute atomic E-state index is 0.0292. The zero-order valence-electron chi connectivity index (χ0n) is 9.90. The Labute approximate surface area is 95.6 Å². The number of hydrogen-bond acceptors (Lipinski definition) is 2. The summed E-state index contributed by atoms with van der Waals surface area (Å²) in [6, 6.07) is 0. The molecular weight excluding hydrogens is 206 g/mol. The monoisotopic (exact) mass is 225 g/mol. The summed E-state index contributed by atoms with van der Waals surface area (Å²) >= 11 is 0. The smallest absolute Gasteiger partial charge is 0.310 e. The number of amides is 1. The van der Waals surface area contributed by atoms with Gasteiger partial charge in [0.05, 0.1) is 11.3 Å². The fourth-order valence-electron chi connectivity index (χ4n) is 2.87. The molecule has 2 unspecified atom stereocenters. The van der Waals surface area contributed by atoms with Crippen LogP contribution in [0.3, 0.4) is 0 Å². The molecule has 1 aliphatic carbocycles. The summed E-state index contributed by atoms with van der Waals surface area (Å²) in [5.74, 6) is -0.988. The number of rotatable bonds is 3. The standard InChI is InChI=1S/C12H19NO3/c1-8(2)12(11(15)16)7-9(12)10(14)13-5-3-4-6-13/h8-9H,3-7H2,1-2H3,(H,15,16). The summed E-state index contributed by atoms with van der Waals surface area (Å²) in [4.78, 5) is 25.2. The minimum atomic E-state index is -0.806. The third kappa shape index (κ3) is 1.51. The summed E-state index contributed by atoms with van der Waals surface area (Å²) < 4.78 is 0. The largest absolute Gasteiger partial charge is 0.481 e. The summed E-state index contributed by atoms with van der Waals surface area (Å²) in [5, 5.41) is 9.27. The van der Waals surface area contributed by atoms with Crippen LogP contribution >= 0.6 is 0 Å². The molecule has 90 valence electrons. The van der Waals surface area contributed by atoms with E-state index >= 15 is 0 Å². The van der Waals surface area contributed by atoms with Crippen molar-refractivity contribution in [3.05, 3.63) is 0 Å². The second-order valence-electron chi connectivity index (χ2n) is 5.29. The number of likely N-dealkylation sites (tertiary alicyclic amines) is 1. The molecule has 4 heteroatoms. The maximum atomic E-state index is 12.1. The molecule has 1 aliphatic heterocycles. The molecule has 2 atom stereocenters. The highest BCUT2D eigenvalue weighted by Crippen LogP contribution is 2.58. The molecule has 0 spiro atoms. The predicted octanol–water partition coefficient (Wildman–Crippen LogP) is 1.36. The highest BCUT2D eigenvalue weighted by Gasteiger charge is 2.66. The van der Waals surface area contributed by atoms with Gasteiger partial charge in [-0.15, -0.1) is 0 Å². The lowest BCUT2D eigenvalue weighted by Gasteiger charge is -2.20. The van der Waals surface area contributed by atoms with E-state index in [-0.39, 0.29) is 17.7 Å².